The highest BCUT2D eigenvalue weighted by Crippen LogP contribution is 2.14. The maximum absolute atomic E-state index is 11.7. The molecule has 112 valence electrons. The topological polar surface area (TPSA) is 108 Å². The van der Waals surface area contributed by atoms with Crippen molar-refractivity contribution < 1.29 is 9.72 Å². The summed E-state index contributed by atoms with van der Waals surface area (Å²) in [5.41, 5.74) is 0.193. The van der Waals surface area contributed by atoms with E-state index in [0.29, 0.717) is 13.1 Å². The van der Waals surface area contributed by atoms with Crippen molar-refractivity contribution in [1.82, 2.24) is 24.9 Å². The Balaban J connectivity index is 1.81. The zero-order chi connectivity index (χ0) is 15.4. The van der Waals surface area contributed by atoms with Crippen LogP contribution in [0.4, 0.5) is 5.69 Å². The molecule has 2 aromatic rings. The summed E-state index contributed by atoms with van der Waals surface area (Å²) < 4.78 is 3.81. The highest BCUT2D eigenvalue weighted by molar-refractivity contribution is 9.10. The van der Waals surface area contributed by atoms with Gasteiger partial charge in [0.1, 0.15) is 18.4 Å². The number of aromatic nitrogens is 4. The van der Waals surface area contributed by atoms with Crippen molar-refractivity contribution in [3.05, 3.63) is 38.9 Å². The summed E-state index contributed by atoms with van der Waals surface area (Å²) in [5.74, 6) is -0.265. The lowest BCUT2D eigenvalue weighted by Crippen LogP contribution is -2.30. The Morgan fingerprint density at radius 3 is 2.81 bits per heavy atom. The summed E-state index contributed by atoms with van der Waals surface area (Å²) in [6.45, 7) is 2.42. The third-order valence-corrected chi connectivity index (χ3v) is 3.10. The van der Waals surface area contributed by atoms with Crippen molar-refractivity contribution in [2.45, 2.75) is 20.0 Å². The molecule has 0 aliphatic heterocycles. The Labute approximate surface area is 128 Å². The molecule has 0 fully saturated rings. The molecule has 10 heteroatoms. The smallest absolute Gasteiger partial charge is 0.309 e. The van der Waals surface area contributed by atoms with E-state index in [2.05, 4.69) is 31.4 Å². The predicted molar refractivity (Wildman–Crippen MR) is 76.6 cm³/mol. The summed E-state index contributed by atoms with van der Waals surface area (Å²) in [7, 11) is 0. The molecule has 0 atom stereocenters. The Hall–Kier alpha value is -2.23. The van der Waals surface area contributed by atoms with Crippen LogP contribution in [0.25, 0.3) is 0 Å². The number of hydrogen-bond donors (Lipinski definition) is 1. The number of nitro groups is 1. The predicted octanol–water partition coefficient (Wildman–Crippen LogP) is 0.875. The van der Waals surface area contributed by atoms with E-state index < -0.39 is 4.92 Å². The van der Waals surface area contributed by atoms with Crippen LogP contribution in [0.15, 0.2) is 23.1 Å². The van der Waals surface area contributed by atoms with Gasteiger partial charge in [0, 0.05) is 12.7 Å². The first kappa shape index (κ1) is 15.2. The molecule has 0 spiro atoms. The van der Waals surface area contributed by atoms with E-state index in [0.717, 1.165) is 4.47 Å². The molecular weight excluding hydrogens is 344 g/mol. The largest absolute Gasteiger partial charge is 0.353 e. The molecule has 1 N–H and O–H groups in total. The van der Waals surface area contributed by atoms with Crippen molar-refractivity contribution >= 4 is 27.5 Å². The number of carbonyl (C=O) groups excluding carboxylic acids is 1. The Bertz CT molecular complexity index is 665. The van der Waals surface area contributed by atoms with E-state index in [1.54, 1.807) is 17.1 Å². The van der Waals surface area contributed by atoms with Gasteiger partial charge in [-0.1, -0.05) is 0 Å². The summed E-state index contributed by atoms with van der Waals surface area (Å²) in [4.78, 5) is 21.9. The number of nitrogens with zero attached hydrogens (tertiary/aromatic N) is 5. The highest BCUT2D eigenvalue weighted by atomic mass is 79.9. The van der Waals surface area contributed by atoms with Gasteiger partial charge in [-0.3, -0.25) is 24.3 Å². The standard InChI is InChI=1S/C11H13BrN6O3/c1-8-10(18(20)21)6-17(15-8)7-11(19)13-2-3-16-5-9(12)4-14-16/h4-6H,2-3,7H2,1H3,(H,13,19). The van der Waals surface area contributed by atoms with Gasteiger partial charge >= 0.3 is 5.69 Å². The van der Waals surface area contributed by atoms with Crippen molar-refractivity contribution in [3.8, 4) is 0 Å². The fourth-order valence-electron chi connectivity index (χ4n) is 1.74. The van der Waals surface area contributed by atoms with Crippen molar-refractivity contribution in [2.24, 2.45) is 0 Å². The molecule has 0 saturated carbocycles. The van der Waals surface area contributed by atoms with Crippen LogP contribution in [0.2, 0.25) is 0 Å². The van der Waals surface area contributed by atoms with Gasteiger partial charge in [-0.15, -0.1) is 0 Å². The van der Waals surface area contributed by atoms with Crippen LogP contribution in [0.3, 0.4) is 0 Å². The third kappa shape index (κ3) is 4.12. The molecule has 2 heterocycles. The normalized spacial score (nSPS) is 10.6. The van der Waals surface area contributed by atoms with E-state index in [4.69, 9.17) is 0 Å². The third-order valence-electron chi connectivity index (χ3n) is 2.69. The molecule has 0 aromatic carbocycles. The van der Waals surface area contributed by atoms with Gasteiger partial charge in [-0.05, 0) is 22.9 Å². The fourth-order valence-corrected chi connectivity index (χ4v) is 2.07. The highest BCUT2D eigenvalue weighted by Gasteiger charge is 2.16. The van der Waals surface area contributed by atoms with Crippen LogP contribution < -0.4 is 5.32 Å². The van der Waals surface area contributed by atoms with Crippen molar-refractivity contribution in [2.75, 3.05) is 6.54 Å². The monoisotopic (exact) mass is 356 g/mol. The molecule has 9 nitrogen and oxygen atoms in total. The minimum atomic E-state index is -0.522. The van der Waals surface area contributed by atoms with Crippen molar-refractivity contribution in [3.63, 3.8) is 0 Å². The minimum absolute atomic E-state index is 0.0581. The zero-order valence-electron chi connectivity index (χ0n) is 11.2. The molecular formula is C11H13BrN6O3. The average Bonchev–Trinajstić information content (AvgIpc) is 2.96. The van der Waals surface area contributed by atoms with Crippen LogP contribution in [0.1, 0.15) is 5.69 Å². The van der Waals surface area contributed by atoms with Gasteiger partial charge in [0.05, 0.1) is 22.1 Å². The van der Waals surface area contributed by atoms with Gasteiger partial charge in [-0.25, -0.2) is 0 Å². The Morgan fingerprint density at radius 2 is 2.24 bits per heavy atom. The summed E-state index contributed by atoms with van der Waals surface area (Å²) in [6, 6.07) is 0. The second-order valence-corrected chi connectivity index (χ2v) is 5.24. The molecule has 2 aromatic heterocycles. The number of aryl methyl sites for hydroxylation is 1. The van der Waals surface area contributed by atoms with Crippen LogP contribution >= 0.6 is 15.9 Å². The zero-order valence-corrected chi connectivity index (χ0v) is 12.8. The van der Waals surface area contributed by atoms with Crippen LogP contribution in [0.5, 0.6) is 0 Å². The SMILES string of the molecule is Cc1nn(CC(=O)NCCn2cc(Br)cn2)cc1[N+](=O)[O-]. The van der Waals surface area contributed by atoms with Crippen LogP contribution in [-0.2, 0) is 17.9 Å². The lowest BCUT2D eigenvalue weighted by molar-refractivity contribution is -0.385. The molecule has 0 aliphatic carbocycles. The van der Waals surface area contributed by atoms with Gasteiger partial charge in [0.2, 0.25) is 5.91 Å². The quantitative estimate of drug-likeness (QED) is 0.610. The molecule has 0 saturated heterocycles. The first-order chi connectivity index (χ1) is 9.95. The van der Waals surface area contributed by atoms with E-state index in [1.807, 2.05) is 0 Å². The molecule has 2 rings (SSSR count). The summed E-state index contributed by atoms with van der Waals surface area (Å²) in [5, 5.41) is 21.4. The molecule has 0 radical (unpaired) electrons. The maximum Gasteiger partial charge on any atom is 0.309 e. The molecule has 0 unspecified atom stereocenters. The van der Waals surface area contributed by atoms with E-state index >= 15 is 0 Å². The second-order valence-electron chi connectivity index (χ2n) is 4.33. The van der Waals surface area contributed by atoms with Crippen LogP contribution in [0, 0.1) is 17.0 Å². The number of halogens is 1. The van der Waals surface area contributed by atoms with Gasteiger partial charge in [0.25, 0.3) is 0 Å². The van der Waals surface area contributed by atoms with E-state index in [1.165, 1.54) is 17.8 Å². The van der Waals surface area contributed by atoms with E-state index in [9.17, 15) is 14.9 Å². The lowest BCUT2D eigenvalue weighted by atomic mass is 10.4. The molecule has 0 aliphatic rings. The van der Waals surface area contributed by atoms with E-state index in [-0.39, 0.29) is 23.8 Å². The molecule has 21 heavy (non-hydrogen) atoms. The molecule has 1 amide bonds. The van der Waals surface area contributed by atoms with Crippen molar-refractivity contribution in [1.29, 1.82) is 0 Å². The van der Waals surface area contributed by atoms with Crippen LogP contribution in [-0.4, -0.2) is 36.9 Å². The summed E-state index contributed by atoms with van der Waals surface area (Å²) >= 11 is 3.28. The van der Waals surface area contributed by atoms with Gasteiger partial charge < -0.3 is 5.32 Å². The average molecular weight is 357 g/mol. The lowest BCUT2D eigenvalue weighted by Gasteiger charge is -2.05. The first-order valence-corrected chi connectivity index (χ1v) is 6.88. The van der Waals surface area contributed by atoms with Gasteiger partial charge in [0.15, 0.2) is 0 Å². The fraction of sp³-hybridized carbons (Fsp3) is 0.364. The Kier molecular flexibility index (Phi) is 4.68. The second kappa shape index (κ2) is 6.48. The number of amides is 1. The number of hydrogen-bond acceptors (Lipinski definition) is 5. The molecule has 0 bridgehead atoms. The van der Waals surface area contributed by atoms with Gasteiger partial charge in [-0.2, -0.15) is 10.2 Å². The Morgan fingerprint density at radius 1 is 1.48 bits per heavy atom. The number of nitrogens with one attached hydrogen (secondary N) is 1. The summed E-state index contributed by atoms with van der Waals surface area (Å²) in [6.07, 6.45) is 4.71. The maximum atomic E-state index is 11.7. The minimum Gasteiger partial charge on any atom is -0.353 e. The first-order valence-electron chi connectivity index (χ1n) is 6.09. The number of rotatable bonds is 6. The number of carbonyl (C=O) groups is 1.